The number of hydrogen-bond acceptors (Lipinski definition) is 4. The number of nitrogens with zero attached hydrogens (tertiary/aromatic N) is 1. The molecule has 1 unspecified atom stereocenters. The van der Waals surface area contributed by atoms with Gasteiger partial charge in [-0.05, 0) is 32.5 Å². The van der Waals surface area contributed by atoms with E-state index >= 15 is 0 Å². The van der Waals surface area contributed by atoms with Gasteiger partial charge in [0.2, 0.25) is 0 Å². The smallest absolute Gasteiger partial charge is 0.145 e. The molecule has 2 aromatic rings. The molecule has 0 fully saturated rings. The molecule has 0 aliphatic heterocycles. The quantitative estimate of drug-likeness (QED) is 0.848. The molecule has 0 spiro atoms. The minimum absolute atomic E-state index is 0.0259. The SMILES string of the molecule is CCNC(C)(CO)COc1cccc2ccc(C)nc12. The first-order chi connectivity index (χ1) is 9.58. The third-order valence-electron chi connectivity index (χ3n) is 3.32. The molecule has 0 saturated carbocycles. The molecule has 1 heterocycles. The fourth-order valence-electron chi connectivity index (χ4n) is 2.15. The van der Waals surface area contributed by atoms with Crippen LogP contribution in [0.4, 0.5) is 0 Å². The summed E-state index contributed by atoms with van der Waals surface area (Å²) in [5, 5.41) is 13.8. The second-order valence-corrected chi connectivity index (χ2v) is 5.32. The molecule has 1 aromatic heterocycles. The van der Waals surface area contributed by atoms with Gasteiger partial charge in [-0.2, -0.15) is 0 Å². The van der Waals surface area contributed by atoms with Gasteiger partial charge in [-0.3, -0.25) is 0 Å². The summed E-state index contributed by atoms with van der Waals surface area (Å²) in [5.74, 6) is 0.753. The van der Waals surface area contributed by atoms with E-state index in [0.29, 0.717) is 6.61 Å². The first kappa shape index (κ1) is 14.8. The average molecular weight is 274 g/mol. The van der Waals surface area contributed by atoms with Gasteiger partial charge < -0.3 is 15.2 Å². The van der Waals surface area contributed by atoms with Crippen LogP contribution < -0.4 is 10.1 Å². The molecule has 4 heteroatoms. The molecule has 0 aliphatic rings. The van der Waals surface area contributed by atoms with Crippen molar-refractivity contribution in [2.75, 3.05) is 19.8 Å². The summed E-state index contributed by atoms with van der Waals surface area (Å²) in [6.07, 6.45) is 0. The Hall–Kier alpha value is -1.65. The van der Waals surface area contributed by atoms with Crippen LogP contribution in [0.3, 0.4) is 0 Å². The van der Waals surface area contributed by atoms with Gasteiger partial charge in [0.05, 0.1) is 12.1 Å². The Kier molecular flexibility index (Phi) is 4.57. The number of hydrogen-bond donors (Lipinski definition) is 2. The lowest BCUT2D eigenvalue weighted by Gasteiger charge is -2.28. The number of ether oxygens (including phenoxy) is 1. The maximum Gasteiger partial charge on any atom is 0.145 e. The van der Waals surface area contributed by atoms with Crippen LogP contribution in [0.1, 0.15) is 19.5 Å². The second kappa shape index (κ2) is 6.20. The van der Waals surface area contributed by atoms with Crippen LogP contribution in [-0.2, 0) is 0 Å². The first-order valence-electron chi connectivity index (χ1n) is 6.93. The van der Waals surface area contributed by atoms with Crippen LogP contribution in [0.2, 0.25) is 0 Å². The summed E-state index contributed by atoms with van der Waals surface area (Å²) in [6, 6.07) is 9.92. The molecular weight excluding hydrogens is 252 g/mol. The Morgan fingerprint density at radius 1 is 1.30 bits per heavy atom. The van der Waals surface area contributed by atoms with Gasteiger partial charge in [-0.15, -0.1) is 0 Å². The summed E-state index contributed by atoms with van der Waals surface area (Å²) < 4.78 is 5.90. The van der Waals surface area contributed by atoms with Crippen molar-refractivity contribution < 1.29 is 9.84 Å². The van der Waals surface area contributed by atoms with E-state index in [1.54, 1.807) is 0 Å². The number of aryl methyl sites for hydroxylation is 1. The zero-order chi connectivity index (χ0) is 14.6. The number of para-hydroxylation sites is 1. The van der Waals surface area contributed by atoms with E-state index in [9.17, 15) is 5.11 Å². The van der Waals surface area contributed by atoms with Crippen molar-refractivity contribution >= 4 is 10.9 Å². The Morgan fingerprint density at radius 3 is 2.80 bits per heavy atom. The summed E-state index contributed by atoms with van der Waals surface area (Å²) in [5.41, 5.74) is 1.38. The van der Waals surface area contributed by atoms with Gasteiger partial charge in [-0.25, -0.2) is 4.98 Å². The normalized spacial score (nSPS) is 14.2. The van der Waals surface area contributed by atoms with Crippen LogP contribution >= 0.6 is 0 Å². The number of rotatable bonds is 6. The van der Waals surface area contributed by atoms with E-state index in [0.717, 1.165) is 28.9 Å². The highest BCUT2D eigenvalue weighted by Gasteiger charge is 2.23. The molecule has 0 saturated heterocycles. The number of fused-ring (bicyclic) bond motifs is 1. The lowest BCUT2D eigenvalue weighted by Crippen LogP contribution is -2.50. The largest absolute Gasteiger partial charge is 0.489 e. The maximum absolute atomic E-state index is 9.49. The van der Waals surface area contributed by atoms with E-state index in [2.05, 4.69) is 10.3 Å². The number of aromatic nitrogens is 1. The number of nitrogens with one attached hydrogen (secondary N) is 1. The number of benzene rings is 1. The van der Waals surface area contributed by atoms with Gasteiger partial charge in [-0.1, -0.05) is 25.1 Å². The van der Waals surface area contributed by atoms with Gasteiger partial charge in [0.25, 0.3) is 0 Å². The predicted molar refractivity (Wildman–Crippen MR) is 81.1 cm³/mol. The number of pyridine rings is 1. The van der Waals surface area contributed by atoms with E-state index in [4.69, 9.17) is 4.74 Å². The second-order valence-electron chi connectivity index (χ2n) is 5.32. The summed E-state index contributed by atoms with van der Waals surface area (Å²) in [4.78, 5) is 4.54. The predicted octanol–water partition coefficient (Wildman–Crippen LogP) is 2.28. The molecule has 2 N–H and O–H groups in total. The Labute approximate surface area is 119 Å². The van der Waals surface area contributed by atoms with Crippen LogP contribution in [0.15, 0.2) is 30.3 Å². The molecule has 1 atom stereocenters. The first-order valence-corrected chi connectivity index (χ1v) is 6.93. The third kappa shape index (κ3) is 3.26. The fourth-order valence-corrected chi connectivity index (χ4v) is 2.15. The molecule has 0 bridgehead atoms. The van der Waals surface area contributed by atoms with Crippen molar-refractivity contribution in [1.29, 1.82) is 0 Å². The zero-order valence-electron chi connectivity index (χ0n) is 12.3. The lowest BCUT2D eigenvalue weighted by molar-refractivity contribution is 0.118. The maximum atomic E-state index is 9.49. The minimum Gasteiger partial charge on any atom is -0.489 e. The Balaban J connectivity index is 2.23. The van der Waals surface area contributed by atoms with Crippen LogP contribution in [-0.4, -0.2) is 35.4 Å². The third-order valence-corrected chi connectivity index (χ3v) is 3.32. The fraction of sp³-hybridized carbons (Fsp3) is 0.438. The van der Waals surface area contributed by atoms with Crippen molar-refractivity contribution in [3.63, 3.8) is 0 Å². The average Bonchev–Trinajstić information content (AvgIpc) is 2.45. The molecular formula is C16H22N2O2. The van der Waals surface area contributed by atoms with Gasteiger partial charge in [0.1, 0.15) is 17.9 Å². The zero-order valence-corrected chi connectivity index (χ0v) is 12.3. The molecule has 1 aromatic carbocycles. The van der Waals surface area contributed by atoms with Gasteiger partial charge in [0, 0.05) is 11.1 Å². The highest BCUT2D eigenvalue weighted by atomic mass is 16.5. The molecule has 20 heavy (non-hydrogen) atoms. The minimum atomic E-state index is -0.444. The van der Waals surface area contributed by atoms with Crippen molar-refractivity contribution in [2.45, 2.75) is 26.3 Å². The van der Waals surface area contributed by atoms with E-state index < -0.39 is 5.54 Å². The number of aliphatic hydroxyl groups excluding tert-OH is 1. The monoisotopic (exact) mass is 274 g/mol. The highest BCUT2D eigenvalue weighted by molar-refractivity contribution is 5.84. The van der Waals surface area contributed by atoms with Crippen LogP contribution in [0.5, 0.6) is 5.75 Å². The summed E-state index contributed by atoms with van der Waals surface area (Å²) in [7, 11) is 0. The molecule has 0 radical (unpaired) electrons. The van der Waals surface area contributed by atoms with Crippen molar-refractivity contribution in [3.8, 4) is 5.75 Å². The van der Waals surface area contributed by atoms with E-state index in [1.807, 2.05) is 51.1 Å². The van der Waals surface area contributed by atoms with Gasteiger partial charge in [0.15, 0.2) is 0 Å². The van der Waals surface area contributed by atoms with E-state index in [1.165, 1.54) is 0 Å². The van der Waals surface area contributed by atoms with Crippen LogP contribution in [0.25, 0.3) is 10.9 Å². The van der Waals surface area contributed by atoms with Crippen LogP contribution in [0, 0.1) is 6.92 Å². The summed E-state index contributed by atoms with van der Waals surface area (Å²) >= 11 is 0. The molecule has 108 valence electrons. The van der Waals surface area contributed by atoms with Crippen molar-refractivity contribution in [3.05, 3.63) is 36.0 Å². The molecule has 2 rings (SSSR count). The lowest BCUT2D eigenvalue weighted by atomic mass is 10.1. The van der Waals surface area contributed by atoms with Gasteiger partial charge >= 0.3 is 0 Å². The molecule has 0 amide bonds. The van der Waals surface area contributed by atoms with E-state index in [-0.39, 0.29) is 6.61 Å². The Bertz CT molecular complexity index is 586. The van der Waals surface area contributed by atoms with Crippen molar-refractivity contribution in [1.82, 2.24) is 10.3 Å². The summed E-state index contributed by atoms with van der Waals surface area (Å²) in [6.45, 7) is 7.13. The molecule has 4 nitrogen and oxygen atoms in total. The number of aliphatic hydroxyl groups is 1. The topological polar surface area (TPSA) is 54.4 Å². The highest BCUT2D eigenvalue weighted by Crippen LogP contribution is 2.24. The standard InChI is InChI=1S/C16H22N2O2/c1-4-17-16(3,10-19)11-20-14-7-5-6-13-9-8-12(2)18-15(13)14/h5-9,17,19H,4,10-11H2,1-3H3. The number of likely N-dealkylation sites (N-methyl/N-ethyl adjacent to an activating group) is 1. The molecule has 0 aliphatic carbocycles. The van der Waals surface area contributed by atoms with Crippen molar-refractivity contribution in [2.24, 2.45) is 0 Å². The Morgan fingerprint density at radius 2 is 2.10 bits per heavy atom.